The lowest BCUT2D eigenvalue weighted by Gasteiger charge is -2.15. The average molecular weight is 279 g/mol. The lowest BCUT2D eigenvalue weighted by atomic mass is 10.1. The van der Waals surface area contributed by atoms with E-state index in [0.29, 0.717) is 18.5 Å². The Kier molecular flexibility index (Phi) is 6.11. The second-order valence-electron chi connectivity index (χ2n) is 4.97. The van der Waals surface area contributed by atoms with Gasteiger partial charge >= 0.3 is 0 Å². The predicted octanol–water partition coefficient (Wildman–Crippen LogP) is 1.64. The molecule has 0 bridgehead atoms. The van der Waals surface area contributed by atoms with Crippen LogP contribution in [0.15, 0.2) is 24.3 Å². The molecule has 0 saturated heterocycles. The van der Waals surface area contributed by atoms with Crippen molar-refractivity contribution in [2.45, 2.75) is 39.3 Å². The Morgan fingerprint density at radius 2 is 1.95 bits per heavy atom. The van der Waals surface area contributed by atoms with Crippen LogP contribution >= 0.6 is 0 Å². The van der Waals surface area contributed by atoms with E-state index in [1.165, 1.54) is 6.07 Å². The number of amides is 1. The maximum Gasteiger partial charge on any atom is 0.272 e. The van der Waals surface area contributed by atoms with Gasteiger partial charge in [-0.1, -0.05) is 18.2 Å². The number of nitro groups is 1. The number of benzene rings is 1. The second kappa shape index (κ2) is 7.59. The minimum absolute atomic E-state index is 0.0671. The molecule has 1 unspecified atom stereocenters. The topological polar surface area (TPSA) is 84.3 Å². The van der Waals surface area contributed by atoms with Crippen LogP contribution in [0.2, 0.25) is 0 Å². The fourth-order valence-corrected chi connectivity index (χ4v) is 1.83. The Morgan fingerprint density at radius 1 is 1.30 bits per heavy atom. The molecule has 0 aliphatic rings. The fraction of sp³-hybridized carbons (Fsp3) is 0.500. The monoisotopic (exact) mass is 279 g/mol. The lowest BCUT2D eigenvalue weighted by molar-refractivity contribution is -0.385. The molecule has 1 atom stereocenters. The van der Waals surface area contributed by atoms with E-state index >= 15 is 0 Å². The number of nitro benzene ring substituents is 1. The molecule has 0 spiro atoms. The maximum atomic E-state index is 11.7. The van der Waals surface area contributed by atoms with Gasteiger partial charge in [0.25, 0.3) is 5.69 Å². The van der Waals surface area contributed by atoms with Gasteiger partial charge in [-0.15, -0.1) is 0 Å². The number of hydrogen-bond acceptors (Lipinski definition) is 4. The number of nitrogens with zero attached hydrogens (tertiary/aromatic N) is 1. The first-order valence-corrected chi connectivity index (χ1v) is 6.68. The molecule has 1 aromatic carbocycles. The van der Waals surface area contributed by atoms with Gasteiger partial charge in [0.05, 0.1) is 11.0 Å². The van der Waals surface area contributed by atoms with Gasteiger partial charge < -0.3 is 10.6 Å². The molecule has 1 aromatic rings. The minimum Gasteiger partial charge on any atom is -0.353 e. The number of carbonyl (C=O) groups excluding carboxylic acids is 1. The van der Waals surface area contributed by atoms with Crippen LogP contribution < -0.4 is 10.6 Å². The molecule has 0 radical (unpaired) electrons. The predicted molar refractivity (Wildman–Crippen MR) is 77.5 cm³/mol. The third-order valence-electron chi connectivity index (χ3n) is 2.86. The van der Waals surface area contributed by atoms with E-state index in [2.05, 4.69) is 10.6 Å². The first-order chi connectivity index (χ1) is 9.41. The first-order valence-electron chi connectivity index (χ1n) is 6.68. The summed E-state index contributed by atoms with van der Waals surface area (Å²) in [7, 11) is 0. The average Bonchev–Trinajstić information content (AvgIpc) is 2.38. The second-order valence-corrected chi connectivity index (χ2v) is 4.97. The highest BCUT2D eigenvalue weighted by Crippen LogP contribution is 2.17. The van der Waals surface area contributed by atoms with E-state index in [4.69, 9.17) is 0 Å². The molecule has 0 fully saturated rings. The molecule has 1 amide bonds. The zero-order valence-corrected chi connectivity index (χ0v) is 12.1. The summed E-state index contributed by atoms with van der Waals surface area (Å²) in [5.74, 6) is -0.0671. The molecular formula is C14H21N3O3. The molecule has 0 aromatic heterocycles. The van der Waals surface area contributed by atoms with E-state index in [1.54, 1.807) is 25.1 Å². The Labute approximate surface area is 118 Å². The van der Waals surface area contributed by atoms with Crippen molar-refractivity contribution in [1.82, 2.24) is 10.6 Å². The SMILES string of the molecule is CC(C)NC(=O)C(C)NCCc1ccccc1[N+](=O)[O-]. The molecule has 6 nitrogen and oxygen atoms in total. The van der Waals surface area contributed by atoms with Crippen LogP contribution in [-0.2, 0) is 11.2 Å². The van der Waals surface area contributed by atoms with Crippen LogP contribution in [0, 0.1) is 10.1 Å². The minimum atomic E-state index is -0.385. The van der Waals surface area contributed by atoms with E-state index in [9.17, 15) is 14.9 Å². The van der Waals surface area contributed by atoms with E-state index in [0.717, 1.165) is 0 Å². The Balaban J connectivity index is 2.49. The van der Waals surface area contributed by atoms with Gasteiger partial charge in [-0.05, 0) is 27.2 Å². The Bertz CT molecular complexity index is 474. The van der Waals surface area contributed by atoms with E-state index in [1.807, 2.05) is 13.8 Å². The van der Waals surface area contributed by atoms with Gasteiger partial charge in [0.2, 0.25) is 5.91 Å². The van der Waals surface area contributed by atoms with Gasteiger partial charge in [0.15, 0.2) is 0 Å². The highest BCUT2D eigenvalue weighted by atomic mass is 16.6. The Hall–Kier alpha value is -1.95. The van der Waals surface area contributed by atoms with Crippen molar-refractivity contribution in [3.05, 3.63) is 39.9 Å². The van der Waals surface area contributed by atoms with Crippen LogP contribution in [0.1, 0.15) is 26.3 Å². The maximum absolute atomic E-state index is 11.7. The summed E-state index contributed by atoms with van der Waals surface area (Å²) in [6.07, 6.45) is 0.510. The number of nitrogens with one attached hydrogen (secondary N) is 2. The van der Waals surface area contributed by atoms with Crippen LogP contribution in [0.4, 0.5) is 5.69 Å². The third kappa shape index (κ3) is 4.97. The summed E-state index contributed by atoms with van der Waals surface area (Å²) in [5, 5.41) is 16.7. The number of hydrogen-bond donors (Lipinski definition) is 2. The van der Waals surface area contributed by atoms with Crippen LogP contribution in [0.5, 0.6) is 0 Å². The summed E-state index contributed by atoms with van der Waals surface area (Å²) in [6.45, 7) is 6.09. The normalized spacial score (nSPS) is 12.2. The molecule has 0 aliphatic heterocycles. The summed E-state index contributed by atoms with van der Waals surface area (Å²) in [6, 6.07) is 6.43. The van der Waals surface area contributed by atoms with Crippen molar-refractivity contribution in [2.24, 2.45) is 0 Å². The van der Waals surface area contributed by atoms with Crippen molar-refractivity contribution in [3.63, 3.8) is 0 Å². The zero-order chi connectivity index (χ0) is 15.1. The summed E-state index contributed by atoms with van der Waals surface area (Å²) in [5.41, 5.74) is 0.787. The van der Waals surface area contributed by atoms with Crippen molar-refractivity contribution >= 4 is 11.6 Å². The Morgan fingerprint density at radius 3 is 2.55 bits per heavy atom. The summed E-state index contributed by atoms with van der Waals surface area (Å²) in [4.78, 5) is 22.2. The van der Waals surface area contributed by atoms with Gasteiger partial charge in [0.1, 0.15) is 0 Å². The molecule has 0 saturated carbocycles. The van der Waals surface area contributed by atoms with Crippen molar-refractivity contribution in [3.8, 4) is 0 Å². The molecule has 0 aliphatic carbocycles. The largest absolute Gasteiger partial charge is 0.353 e. The lowest BCUT2D eigenvalue weighted by Crippen LogP contribution is -2.45. The van der Waals surface area contributed by atoms with Gasteiger partial charge in [0, 0.05) is 24.2 Å². The number of carbonyl (C=O) groups is 1. The fourth-order valence-electron chi connectivity index (χ4n) is 1.83. The van der Waals surface area contributed by atoms with E-state index in [-0.39, 0.29) is 28.6 Å². The third-order valence-corrected chi connectivity index (χ3v) is 2.86. The summed E-state index contributed by atoms with van der Waals surface area (Å²) < 4.78 is 0. The molecule has 20 heavy (non-hydrogen) atoms. The number of para-hydroxylation sites is 1. The molecule has 0 heterocycles. The van der Waals surface area contributed by atoms with Crippen LogP contribution in [0.3, 0.4) is 0 Å². The number of rotatable bonds is 7. The van der Waals surface area contributed by atoms with Crippen molar-refractivity contribution in [1.29, 1.82) is 0 Å². The first kappa shape index (κ1) is 16.1. The highest BCUT2D eigenvalue weighted by Gasteiger charge is 2.15. The van der Waals surface area contributed by atoms with Gasteiger partial charge in [-0.2, -0.15) is 0 Å². The molecule has 110 valence electrons. The van der Waals surface area contributed by atoms with Crippen molar-refractivity contribution in [2.75, 3.05) is 6.54 Å². The van der Waals surface area contributed by atoms with Crippen molar-refractivity contribution < 1.29 is 9.72 Å². The smallest absolute Gasteiger partial charge is 0.272 e. The molecule has 6 heteroatoms. The summed E-state index contributed by atoms with van der Waals surface area (Å²) >= 11 is 0. The van der Waals surface area contributed by atoms with Gasteiger partial charge in [-0.25, -0.2) is 0 Å². The van der Waals surface area contributed by atoms with Crippen LogP contribution in [0.25, 0.3) is 0 Å². The van der Waals surface area contributed by atoms with Crippen LogP contribution in [-0.4, -0.2) is 29.5 Å². The molecule has 2 N–H and O–H groups in total. The molecular weight excluding hydrogens is 258 g/mol. The standard InChI is InChI=1S/C14H21N3O3/c1-10(2)16-14(18)11(3)15-9-8-12-6-4-5-7-13(12)17(19)20/h4-7,10-11,15H,8-9H2,1-3H3,(H,16,18). The zero-order valence-electron chi connectivity index (χ0n) is 12.1. The quantitative estimate of drug-likeness (QED) is 0.587. The highest BCUT2D eigenvalue weighted by molar-refractivity contribution is 5.81. The van der Waals surface area contributed by atoms with Gasteiger partial charge in [-0.3, -0.25) is 14.9 Å². The van der Waals surface area contributed by atoms with E-state index < -0.39 is 0 Å². The molecule has 1 rings (SSSR count).